The predicted octanol–water partition coefficient (Wildman–Crippen LogP) is 4.67. The van der Waals surface area contributed by atoms with E-state index < -0.39 is 0 Å². The van der Waals surface area contributed by atoms with Crippen LogP contribution in [0.3, 0.4) is 0 Å². The number of benzene rings is 2. The van der Waals surface area contributed by atoms with Gasteiger partial charge in [0.25, 0.3) is 0 Å². The second kappa shape index (κ2) is 8.15. The third-order valence-electron chi connectivity index (χ3n) is 3.09. The topological polar surface area (TPSA) is 21.3 Å². The molecule has 2 nitrogen and oxygen atoms in total. The van der Waals surface area contributed by atoms with Gasteiger partial charge in [0.05, 0.1) is 0 Å². The lowest BCUT2D eigenvalue weighted by molar-refractivity contribution is 0.305. The number of halogens is 2. The van der Waals surface area contributed by atoms with Gasteiger partial charge in [-0.15, -0.1) is 0 Å². The SMILES string of the molecule is CCCNCc1ccc(OCc2ccc(F)cc2Br)cc1. The van der Waals surface area contributed by atoms with E-state index in [9.17, 15) is 4.39 Å². The van der Waals surface area contributed by atoms with Crippen molar-refractivity contribution in [2.45, 2.75) is 26.5 Å². The Balaban J connectivity index is 1.88. The average molecular weight is 352 g/mol. The van der Waals surface area contributed by atoms with Gasteiger partial charge in [-0.3, -0.25) is 0 Å². The highest BCUT2D eigenvalue weighted by molar-refractivity contribution is 9.10. The third kappa shape index (κ3) is 5.14. The Kier molecular flexibility index (Phi) is 6.21. The van der Waals surface area contributed by atoms with E-state index in [0.717, 1.165) is 35.3 Å². The van der Waals surface area contributed by atoms with E-state index in [2.05, 4.69) is 40.3 Å². The fourth-order valence-electron chi connectivity index (χ4n) is 1.91. The van der Waals surface area contributed by atoms with E-state index >= 15 is 0 Å². The second-order valence-corrected chi connectivity index (χ2v) is 5.70. The predicted molar refractivity (Wildman–Crippen MR) is 86.9 cm³/mol. The van der Waals surface area contributed by atoms with Crippen LogP contribution in [0.25, 0.3) is 0 Å². The summed E-state index contributed by atoms with van der Waals surface area (Å²) in [7, 11) is 0. The van der Waals surface area contributed by atoms with Gasteiger partial charge < -0.3 is 10.1 Å². The molecule has 0 fully saturated rings. The van der Waals surface area contributed by atoms with E-state index in [1.54, 1.807) is 6.07 Å². The lowest BCUT2D eigenvalue weighted by Crippen LogP contribution is -2.13. The summed E-state index contributed by atoms with van der Waals surface area (Å²) < 4.78 is 19.5. The molecular weight excluding hydrogens is 333 g/mol. The molecule has 2 aromatic carbocycles. The molecule has 0 atom stereocenters. The zero-order valence-electron chi connectivity index (χ0n) is 12.0. The molecule has 0 aliphatic heterocycles. The number of hydrogen-bond donors (Lipinski definition) is 1. The van der Waals surface area contributed by atoms with Gasteiger partial charge in [0.15, 0.2) is 0 Å². The normalized spacial score (nSPS) is 10.6. The zero-order valence-corrected chi connectivity index (χ0v) is 13.6. The highest BCUT2D eigenvalue weighted by Crippen LogP contribution is 2.20. The summed E-state index contributed by atoms with van der Waals surface area (Å²) in [5, 5.41) is 3.36. The summed E-state index contributed by atoms with van der Waals surface area (Å²) in [5.74, 6) is 0.556. The fraction of sp³-hybridized carbons (Fsp3) is 0.294. The molecule has 0 saturated carbocycles. The third-order valence-corrected chi connectivity index (χ3v) is 3.83. The Labute approximate surface area is 133 Å². The minimum Gasteiger partial charge on any atom is -0.489 e. The van der Waals surface area contributed by atoms with Gasteiger partial charge in [-0.1, -0.05) is 41.1 Å². The molecule has 112 valence electrons. The number of nitrogens with one attached hydrogen (secondary N) is 1. The largest absolute Gasteiger partial charge is 0.489 e. The van der Waals surface area contributed by atoms with E-state index in [1.807, 2.05) is 12.1 Å². The summed E-state index contributed by atoms with van der Waals surface area (Å²) >= 11 is 3.34. The van der Waals surface area contributed by atoms with Gasteiger partial charge in [0, 0.05) is 16.6 Å². The first-order valence-corrected chi connectivity index (χ1v) is 7.84. The number of rotatable bonds is 7. The molecular formula is C17H19BrFNO. The summed E-state index contributed by atoms with van der Waals surface area (Å²) in [4.78, 5) is 0. The lowest BCUT2D eigenvalue weighted by atomic mass is 10.2. The standard InChI is InChI=1S/C17H19BrFNO/c1-2-9-20-11-13-3-7-16(8-4-13)21-12-14-5-6-15(19)10-17(14)18/h3-8,10,20H,2,9,11-12H2,1H3. The van der Waals surface area contributed by atoms with Crippen molar-refractivity contribution < 1.29 is 9.13 Å². The van der Waals surface area contributed by atoms with Crippen LogP contribution in [0.1, 0.15) is 24.5 Å². The Bertz CT molecular complexity index is 572. The summed E-state index contributed by atoms with van der Waals surface area (Å²) in [6, 6.07) is 12.6. The van der Waals surface area contributed by atoms with E-state index in [0.29, 0.717) is 6.61 Å². The lowest BCUT2D eigenvalue weighted by Gasteiger charge is -2.09. The van der Waals surface area contributed by atoms with Crippen LogP contribution in [-0.2, 0) is 13.2 Å². The number of ether oxygens (including phenoxy) is 1. The minimum absolute atomic E-state index is 0.255. The first-order valence-electron chi connectivity index (χ1n) is 7.05. The van der Waals surface area contributed by atoms with Crippen LogP contribution in [-0.4, -0.2) is 6.54 Å². The van der Waals surface area contributed by atoms with Gasteiger partial charge in [-0.2, -0.15) is 0 Å². The maximum absolute atomic E-state index is 13.0. The van der Waals surface area contributed by atoms with E-state index in [4.69, 9.17) is 4.74 Å². The highest BCUT2D eigenvalue weighted by atomic mass is 79.9. The van der Waals surface area contributed by atoms with Crippen molar-refractivity contribution in [2.75, 3.05) is 6.54 Å². The van der Waals surface area contributed by atoms with Crippen LogP contribution < -0.4 is 10.1 Å². The molecule has 2 aromatic rings. The van der Waals surface area contributed by atoms with E-state index in [1.165, 1.54) is 17.7 Å². The van der Waals surface area contributed by atoms with E-state index in [-0.39, 0.29) is 5.82 Å². The first-order chi connectivity index (χ1) is 10.2. The smallest absolute Gasteiger partial charge is 0.124 e. The molecule has 0 aliphatic carbocycles. The summed E-state index contributed by atoms with van der Waals surface area (Å²) in [5.41, 5.74) is 2.16. The summed E-state index contributed by atoms with van der Waals surface area (Å²) in [6.07, 6.45) is 1.13. The quantitative estimate of drug-likeness (QED) is 0.732. The molecule has 0 unspecified atom stereocenters. The maximum atomic E-state index is 13.0. The molecule has 0 aliphatic rings. The van der Waals surface area contributed by atoms with Crippen LogP contribution in [0.2, 0.25) is 0 Å². The van der Waals surface area contributed by atoms with Crippen molar-refractivity contribution in [1.29, 1.82) is 0 Å². The average Bonchev–Trinajstić information content (AvgIpc) is 2.48. The molecule has 0 saturated heterocycles. The van der Waals surface area contributed by atoms with Gasteiger partial charge >= 0.3 is 0 Å². The minimum atomic E-state index is -0.255. The highest BCUT2D eigenvalue weighted by Gasteiger charge is 2.03. The van der Waals surface area contributed by atoms with Crippen molar-refractivity contribution in [1.82, 2.24) is 5.32 Å². The molecule has 21 heavy (non-hydrogen) atoms. The van der Waals surface area contributed by atoms with Crippen LogP contribution >= 0.6 is 15.9 Å². The van der Waals surface area contributed by atoms with Crippen LogP contribution in [0.4, 0.5) is 4.39 Å². The summed E-state index contributed by atoms with van der Waals surface area (Å²) in [6.45, 7) is 4.46. The Morgan fingerprint density at radius 1 is 1.14 bits per heavy atom. The van der Waals surface area contributed by atoms with Gasteiger partial charge in [0.1, 0.15) is 18.2 Å². The van der Waals surface area contributed by atoms with Gasteiger partial charge in [0.2, 0.25) is 0 Å². The molecule has 1 N–H and O–H groups in total. The fourth-order valence-corrected chi connectivity index (χ4v) is 2.38. The molecule has 0 bridgehead atoms. The van der Waals surface area contributed by atoms with Crippen molar-refractivity contribution in [2.24, 2.45) is 0 Å². The molecule has 0 aromatic heterocycles. The molecule has 0 radical (unpaired) electrons. The monoisotopic (exact) mass is 351 g/mol. The van der Waals surface area contributed by atoms with Crippen molar-refractivity contribution in [3.63, 3.8) is 0 Å². The molecule has 0 heterocycles. The van der Waals surface area contributed by atoms with Crippen molar-refractivity contribution in [3.05, 3.63) is 63.9 Å². The second-order valence-electron chi connectivity index (χ2n) is 4.85. The van der Waals surface area contributed by atoms with Crippen molar-refractivity contribution in [3.8, 4) is 5.75 Å². The molecule has 0 spiro atoms. The first kappa shape index (κ1) is 16.0. The van der Waals surface area contributed by atoms with Gasteiger partial charge in [-0.05, 0) is 42.8 Å². The molecule has 0 amide bonds. The molecule has 4 heteroatoms. The van der Waals surface area contributed by atoms with Crippen LogP contribution in [0.15, 0.2) is 46.9 Å². The Morgan fingerprint density at radius 3 is 2.57 bits per heavy atom. The van der Waals surface area contributed by atoms with Gasteiger partial charge in [-0.25, -0.2) is 4.39 Å². The maximum Gasteiger partial charge on any atom is 0.124 e. The number of hydrogen-bond acceptors (Lipinski definition) is 2. The molecule has 2 rings (SSSR count). The van der Waals surface area contributed by atoms with Crippen LogP contribution in [0, 0.1) is 5.82 Å². The zero-order chi connectivity index (χ0) is 15.1. The van der Waals surface area contributed by atoms with Crippen molar-refractivity contribution >= 4 is 15.9 Å². The Hall–Kier alpha value is -1.39. The van der Waals surface area contributed by atoms with Crippen LogP contribution in [0.5, 0.6) is 5.75 Å². The Morgan fingerprint density at radius 2 is 1.90 bits per heavy atom.